The van der Waals surface area contributed by atoms with E-state index in [4.69, 9.17) is 11.6 Å². The van der Waals surface area contributed by atoms with E-state index < -0.39 is 5.92 Å². The fraction of sp³-hybridized carbons (Fsp3) is 0.500. The molecule has 3 rings (SSSR count). The van der Waals surface area contributed by atoms with Gasteiger partial charge in [-0.3, -0.25) is 9.59 Å². The number of aromatic nitrogens is 1. The summed E-state index contributed by atoms with van der Waals surface area (Å²) in [6.45, 7) is 9.22. The number of carbonyl (C=O) groups excluding carboxylic acids is 2. The van der Waals surface area contributed by atoms with Crippen molar-refractivity contribution in [2.45, 2.75) is 46.6 Å². The molecule has 1 saturated heterocycles. The maximum atomic E-state index is 12.2. The standard InChI is InChI=1S/C18H22ClN3O2.C2H6/c1-10(2)14-8-16-11(7-15(14)19)6-12(21-16)9-20-17(23)13-4-5-22(3)18(13)24;1-2/h6-8,10,13,21H,4-5,9H2,1-3H3,(H,20,23);1-2H3. The summed E-state index contributed by atoms with van der Waals surface area (Å²) in [6.07, 6.45) is 0.585. The molecule has 1 aliphatic rings. The molecule has 1 aromatic heterocycles. The van der Waals surface area contributed by atoms with Crippen LogP contribution in [0, 0.1) is 5.92 Å². The number of hydrogen-bond acceptors (Lipinski definition) is 2. The van der Waals surface area contributed by atoms with E-state index in [0.29, 0.717) is 25.4 Å². The van der Waals surface area contributed by atoms with Crippen LogP contribution in [0.1, 0.15) is 51.3 Å². The number of likely N-dealkylation sites (tertiary alicyclic amines) is 1. The number of H-pyrrole nitrogens is 1. The molecule has 1 fully saturated rings. The highest BCUT2D eigenvalue weighted by Crippen LogP contribution is 2.29. The number of fused-ring (bicyclic) bond motifs is 1. The van der Waals surface area contributed by atoms with Crippen LogP contribution in [0.3, 0.4) is 0 Å². The lowest BCUT2D eigenvalue weighted by Crippen LogP contribution is -2.35. The average Bonchev–Trinajstić information content (AvgIpc) is 3.16. The highest BCUT2D eigenvalue weighted by molar-refractivity contribution is 6.32. The quantitative estimate of drug-likeness (QED) is 0.789. The number of rotatable bonds is 4. The highest BCUT2D eigenvalue weighted by Gasteiger charge is 2.34. The number of halogens is 1. The third-order valence-electron chi connectivity index (χ3n) is 4.61. The van der Waals surface area contributed by atoms with Gasteiger partial charge in [-0.25, -0.2) is 0 Å². The maximum Gasteiger partial charge on any atom is 0.234 e. The first kappa shape index (κ1) is 20.3. The third-order valence-corrected chi connectivity index (χ3v) is 4.94. The van der Waals surface area contributed by atoms with Crippen molar-refractivity contribution in [3.63, 3.8) is 0 Å². The summed E-state index contributed by atoms with van der Waals surface area (Å²) in [6, 6.07) is 5.99. The Hall–Kier alpha value is -2.01. The minimum atomic E-state index is -0.554. The molecule has 26 heavy (non-hydrogen) atoms. The monoisotopic (exact) mass is 377 g/mol. The first-order valence-electron chi connectivity index (χ1n) is 9.20. The van der Waals surface area contributed by atoms with Gasteiger partial charge in [0.2, 0.25) is 11.8 Å². The van der Waals surface area contributed by atoms with Crippen LogP contribution in [0.5, 0.6) is 0 Å². The van der Waals surface area contributed by atoms with Crippen LogP contribution >= 0.6 is 11.6 Å². The molecule has 2 N–H and O–H groups in total. The highest BCUT2D eigenvalue weighted by atomic mass is 35.5. The summed E-state index contributed by atoms with van der Waals surface area (Å²) in [5.74, 6) is -0.513. The largest absolute Gasteiger partial charge is 0.357 e. The molecular formula is C20H28ClN3O2. The van der Waals surface area contributed by atoms with E-state index in [-0.39, 0.29) is 11.8 Å². The van der Waals surface area contributed by atoms with Gasteiger partial charge in [0.1, 0.15) is 5.92 Å². The Morgan fingerprint density at radius 1 is 1.35 bits per heavy atom. The van der Waals surface area contributed by atoms with Crippen LogP contribution in [-0.4, -0.2) is 35.3 Å². The van der Waals surface area contributed by atoms with E-state index in [9.17, 15) is 9.59 Å². The normalized spacial score (nSPS) is 16.8. The number of hydrogen-bond donors (Lipinski definition) is 2. The number of benzene rings is 1. The fourth-order valence-corrected chi connectivity index (χ4v) is 3.53. The second-order valence-corrected chi connectivity index (χ2v) is 7.14. The first-order chi connectivity index (χ1) is 12.4. The second-order valence-electron chi connectivity index (χ2n) is 6.73. The molecule has 142 valence electrons. The zero-order chi connectivity index (χ0) is 19.4. The van der Waals surface area contributed by atoms with E-state index >= 15 is 0 Å². The zero-order valence-electron chi connectivity index (χ0n) is 16.1. The molecule has 5 nitrogen and oxygen atoms in total. The lowest BCUT2D eigenvalue weighted by molar-refractivity contribution is -0.137. The van der Waals surface area contributed by atoms with E-state index in [1.54, 1.807) is 11.9 Å². The SMILES string of the molecule is CC.CC(C)c1cc2[nH]c(CNC(=O)C3CCN(C)C3=O)cc2cc1Cl. The van der Waals surface area contributed by atoms with Gasteiger partial charge in [0.15, 0.2) is 0 Å². The van der Waals surface area contributed by atoms with Gasteiger partial charge in [0.05, 0.1) is 6.54 Å². The second kappa shape index (κ2) is 8.58. The molecule has 0 saturated carbocycles. The number of nitrogens with one attached hydrogen (secondary N) is 2. The van der Waals surface area contributed by atoms with E-state index in [2.05, 4.69) is 30.2 Å². The molecule has 2 aromatic rings. The maximum absolute atomic E-state index is 12.2. The molecule has 1 atom stereocenters. The minimum Gasteiger partial charge on any atom is -0.357 e. The molecule has 2 amide bonds. The lowest BCUT2D eigenvalue weighted by atomic mass is 10.0. The van der Waals surface area contributed by atoms with Crippen molar-refractivity contribution < 1.29 is 9.59 Å². The molecule has 0 radical (unpaired) electrons. The Bertz CT molecular complexity index is 798. The fourth-order valence-electron chi connectivity index (χ4n) is 3.14. The van der Waals surface area contributed by atoms with Gasteiger partial charge in [-0.2, -0.15) is 0 Å². The van der Waals surface area contributed by atoms with Crippen molar-refractivity contribution in [2.75, 3.05) is 13.6 Å². The van der Waals surface area contributed by atoms with E-state index in [1.165, 1.54) is 0 Å². The number of aromatic amines is 1. The topological polar surface area (TPSA) is 65.2 Å². The summed E-state index contributed by atoms with van der Waals surface area (Å²) >= 11 is 6.33. The molecule has 2 heterocycles. The van der Waals surface area contributed by atoms with Crippen LogP contribution in [0.2, 0.25) is 5.02 Å². The molecule has 0 aliphatic carbocycles. The first-order valence-corrected chi connectivity index (χ1v) is 9.58. The Morgan fingerprint density at radius 3 is 2.62 bits per heavy atom. The van der Waals surface area contributed by atoms with Crippen molar-refractivity contribution in [1.82, 2.24) is 15.2 Å². The lowest BCUT2D eigenvalue weighted by Gasteiger charge is -2.10. The van der Waals surface area contributed by atoms with Crippen molar-refractivity contribution in [3.05, 3.63) is 34.5 Å². The van der Waals surface area contributed by atoms with Crippen LogP contribution in [0.15, 0.2) is 18.2 Å². The summed E-state index contributed by atoms with van der Waals surface area (Å²) in [5, 5.41) is 4.63. The molecular weight excluding hydrogens is 350 g/mol. The number of nitrogens with zero attached hydrogens (tertiary/aromatic N) is 1. The summed E-state index contributed by atoms with van der Waals surface area (Å²) in [4.78, 5) is 29.0. The van der Waals surface area contributed by atoms with Gasteiger partial charge in [-0.1, -0.05) is 39.3 Å². The summed E-state index contributed by atoms with van der Waals surface area (Å²) in [5.41, 5.74) is 3.00. The average molecular weight is 378 g/mol. The van der Waals surface area contributed by atoms with Crippen LogP contribution in [-0.2, 0) is 16.1 Å². The van der Waals surface area contributed by atoms with Gasteiger partial charge in [0.25, 0.3) is 0 Å². The predicted molar refractivity (Wildman–Crippen MR) is 106 cm³/mol. The smallest absolute Gasteiger partial charge is 0.234 e. The summed E-state index contributed by atoms with van der Waals surface area (Å²) in [7, 11) is 1.73. The van der Waals surface area contributed by atoms with Gasteiger partial charge < -0.3 is 15.2 Å². The van der Waals surface area contributed by atoms with E-state index in [1.807, 2.05) is 26.0 Å². The Morgan fingerprint density at radius 2 is 2.04 bits per heavy atom. The van der Waals surface area contributed by atoms with Crippen molar-refractivity contribution >= 4 is 34.3 Å². The molecule has 0 bridgehead atoms. The van der Waals surface area contributed by atoms with Crippen molar-refractivity contribution in [1.29, 1.82) is 0 Å². The number of amides is 2. The van der Waals surface area contributed by atoms with E-state index in [0.717, 1.165) is 27.2 Å². The molecule has 1 aliphatic heterocycles. The summed E-state index contributed by atoms with van der Waals surface area (Å²) < 4.78 is 0. The Kier molecular flexibility index (Phi) is 6.70. The van der Waals surface area contributed by atoms with Crippen LogP contribution < -0.4 is 5.32 Å². The van der Waals surface area contributed by atoms with Crippen LogP contribution in [0.25, 0.3) is 10.9 Å². The Labute approximate surface area is 160 Å². The molecule has 1 aromatic carbocycles. The molecule has 0 spiro atoms. The third kappa shape index (κ3) is 4.21. The Balaban J connectivity index is 0.00000117. The number of carbonyl (C=O) groups is 2. The van der Waals surface area contributed by atoms with Gasteiger partial charge in [-0.15, -0.1) is 0 Å². The minimum absolute atomic E-state index is 0.0995. The van der Waals surface area contributed by atoms with Crippen LogP contribution in [0.4, 0.5) is 0 Å². The molecule has 6 heteroatoms. The predicted octanol–water partition coefficient (Wildman–Crippen LogP) is 4.07. The van der Waals surface area contributed by atoms with Gasteiger partial charge in [-0.05, 0) is 36.1 Å². The van der Waals surface area contributed by atoms with Crippen molar-refractivity contribution in [3.8, 4) is 0 Å². The molecule has 1 unspecified atom stereocenters. The van der Waals surface area contributed by atoms with Gasteiger partial charge >= 0.3 is 0 Å². The van der Waals surface area contributed by atoms with Crippen molar-refractivity contribution in [2.24, 2.45) is 5.92 Å². The zero-order valence-corrected chi connectivity index (χ0v) is 16.9. The van der Waals surface area contributed by atoms with Gasteiger partial charge in [0, 0.05) is 35.2 Å².